The lowest BCUT2D eigenvalue weighted by Crippen LogP contribution is -1.92. The molecule has 0 saturated carbocycles. The molecule has 26 heavy (non-hydrogen) atoms. The highest BCUT2D eigenvalue weighted by atomic mass is 35.5. The zero-order valence-electron chi connectivity index (χ0n) is 14.1. The molecule has 2 heteroatoms. The van der Waals surface area contributed by atoms with Crippen LogP contribution in [0.1, 0.15) is 0 Å². The molecule has 4 rings (SSSR count). The summed E-state index contributed by atoms with van der Waals surface area (Å²) < 4.78 is 0. The van der Waals surface area contributed by atoms with Gasteiger partial charge in [0.25, 0.3) is 0 Å². The van der Waals surface area contributed by atoms with Crippen LogP contribution in [-0.2, 0) is 0 Å². The molecule has 4 aromatic rings. The third-order valence-electron chi connectivity index (χ3n) is 4.46. The maximum atomic E-state index is 10.8. The Bertz CT molecular complexity index is 1030. The molecular formula is C24H17ClO. The Morgan fingerprint density at radius 2 is 0.962 bits per heavy atom. The number of benzene rings is 4. The molecule has 0 bridgehead atoms. The first-order chi connectivity index (χ1) is 12.8. The van der Waals surface area contributed by atoms with Crippen LogP contribution in [0.25, 0.3) is 33.4 Å². The Balaban J connectivity index is 2.12. The zero-order chi connectivity index (χ0) is 17.9. The van der Waals surface area contributed by atoms with Gasteiger partial charge in [-0.3, -0.25) is 0 Å². The van der Waals surface area contributed by atoms with E-state index in [1.54, 1.807) is 0 Å². The van der Waals surface area contributed by atoms with Gasteiger partial charge in [0.05, 0.1) is 5.02 Å². The predicted octanol–water partition coefficient (Wildman–Crippen LogP) is 7.05. The van der Waals surface area contributed by atoms with Crippen LogP contribution < -0.4 is 0 Å². The number of rotatable bonds is 3. The van der Waals surface area contributed by atoms with Gasteiger partial charge in [-0.15, -0.1) is 0 Å². The molecule has 126 valence electrons. The SMILES string of the molecule is Oc1c(Cl)cc(-c2ccccc2)c(-c2ccccc2)c1-c1ccccc1. The highest BCUT2D eigenvalue weighted by molar-refractivity contribution is 6.33. The van der Waals surface area contributed by atoms with Crippen molar-refractivity contribution in [2.45, 2.75) is 0 Å². The second-order valence-corrected chi connectivity index (χ2v) is 6.51. The average molecular weight is 357 g/mol. The normalized spacial score (nSPS) is 10.7. The van der Waals surface area contributed by atoms with E-state index in [0.29, 0.717) is 5.02 Å². The fourth-order valence-electron chi connectivity index (χ4n) is 3.28. The van der Waals surface area contributed by atoms with Gasteiger partial charge >= 0.3 is 0 Å². The van der Waals surface area contributed by atoms with Gasteiger partial charge in [0.15, 0.2) is 0 Å². The van der Waals surface area contributed by atoms with E-state index in [2.05, 4.69) is 24.3 Å². The zero-order valence-corrected chi connectivity index (χ0v) is 14.8. The maximum absolute atomic E-state index is 10.8. The molecular weight excluding hydrogens is 340 g/mol. The van der Waals surface area contributed by atoms with Crippen molar-refractivity contribution in [2.75, 3.05) is 0 Å². The van der Waals surface area contributed by atoms with Crippen molar-refractivity contribution < 1.29 is 5.11 Å². The summed E-state index contributed by atoms with van der Waals surface area (Å²) in [6.45, 7) is 0. The molecule has 0 unspecified atom stereocenters. The minimum absolute atomic E-state index is 0.108. The number of hydrogen-bond donors (Lipinski definition) is 1. The number of phenols is 1. The molecule has 4 aromatic carbocycles. The molecule has 0 radical (unpaired) electrons. The predicted molar refractivity (Wildman–Crippen MR) is 109 cm³/mol. The van der Waals surface area contributed by atoms with Crippen LogP contribution in [0.15, 0.2) is 97.1 Å². The van der Waals surface area contributed by atoms with E-state index in [0.717, 1.165) is 33.4 Å². The molecule has 0 atom stereocenters. The fourth-order valence-corrected chi connectivity index (χ4v) is 3.48. The average Bonchev–Trinajstić information content (AvgIpc) is 2.71. The molecule has 0 saturated heterocycles. The summed E-state index contributed by atoms with van der Waals surface area (Å²) in [6.07, 6.45) is 0. The Kier molecular flexibility index (Phi) is 4.47. The lowest BCUT2D eigenvalue weighted by atomic mass is 9.87. The van der Waals surface area contributed by atoms with Crippen LogP contribution in [0, 0.1) is 0 Å². The molecule has 0 spiro atoms. The van der Waals surface area contributed by atoms with Crippen molar-refractivity contribution in [2.24, 2.45) is 0 Å². The molecule has 0 aromatic heterocycles. The van der Waals surface area contributed by atoms with Crippen molar-refractivity contribution in [1.82, 2.24) is 0 Å². The van der Waals surface area contributed by atoms with Gasteiger partial charge in [-0.05, 0) is 28.3 Å². The molecule has 0 aliphatic carbocycles. The summed E-state index contributed by atoms with van der Waals surface area (Å²) in [5.41, 5.74) is 5.76. The second-order valence-electron chi connectivity index (χ2n) is 6.10. The van der Waals surface area contributed by atoms with Crippen molar-refractivity contribution in [3.05, 3.63) is 102 Å². The highest BCUT2D eigenvalue weighted by Crippen LogP contribution is 2.48. The first-order valence-corrected chi connectivity index (χ1v) is 8.85. The van der Waals surface area contributed by atoms with Gasteiger partial charge in [-0.25, -0.2) is 0 Å². The van der Waals surface area contributed by atoms with E-state index in [1.807, 2.05) is 72.8 Å². The summed E-state index contributed by atoms with van der Waals surface area (Å²) in [6, 6.07) is 32.0. The molecule has 0 aliphatic heterocycles. The van der Waals surface area contributed by atoms with Crippen LogP contribution in [0.4, 0.5) is 0 Å². The van der Waals surface area contributed by atoms with E-state index in [-0.39, 0.29) is 5.75 Å². The summed E-state index contributed by atoms with van der Waals surface area (Å²) in [4.78, 5) is 0. The summed E-state index contributed by atoms with van der Waals surface area (Å²) in [7, 11) is 0. The van der Waals surface area contributed by atoms with E-state index < -0.39 is 0 Å². The van der Waals surface area contributed by atoms with E-state index in [4.69, 9.17) is 11.6 Å². The van der Waals surface area contributed by atoms with Crippen molar-refractivity contribution in [3.63, 3.8) is 0 Å². The van der Waals surface area contributed by atoms with Gasteiger partial charge in [-0.1, -0.05) is 103 Å². The van der Waals surface area contributed by atoms with Crippen molar-refractivity contribution in [3.8, 4) is 39.1 Å². The van der Waals surface area contributed by atoms with Crippen LogP contribution in [0.3, 0.4) is 0 Å². The third kappa shape index (κ3) is 2.98. The third-order valence-corrected chi connectivity index (χ3v) is 4.75. The number of aromatic hydroxyl groups is 1. The molecule has 0 fully saturated rings. The minimum atomic E-state index is 0.108. The van der Waals surface area contributed by atoms with Gasteiger partial charge in [-0.2, -0.15) is 0 Å². The Morgan fingerprint density at radius 1 is 0.538 bits per heavy atom. The largest absolute Gasteiger partial charge is 0.506 e. The topological polar surface area (TPSA) is 20.2 Å². The van der Waals surface area contributed by atoms with Crippen molar-refractivity contribution in [1.29, 1.82) is 0 Å². The first-order valence-electron chi connectivity index (χ1n) is 8.47. The minimum Gasteiger partial charge on any atom is -0.506 e. The van der Waals surface area contributed by atoms with E-state index in [1.165, 1.54) is 0 Å². The number of halogens is 1. The number of phenolic OH excluding ortho intramolecular Hbond substituents is 1. The maximum Gasteiger partial charge on any atom is 0.142 e. The van der Waals surface area contributed by atoms with Gasteiger partial charge in [0, 0.05) is 11.1 Å². The van der Waals surface area contributed by atoms with Gasteiger partial charge in [0.1, 0.15) is 5.75 Å². The fraction of sp³-hybridized carbons (Fsp3) is 0. The Hall–Kier alpha value is -3.03. The second kappa shape index (κ2) is 7.07. The van der Waals surface area contributed by atoms with Crippen LogP contribution in [-0.4, -0.2) is 5.11 Å². The van der Waals surface area contributed by atoms with Gasteiger partial charge < -0.3 is 5.11 Å². The standard InChI is InChI=1S/C24H17ClO/c25-21-16-20(17-10-4-1-5-11-17)22(18-12-6-2-7-13-18)23(24(21)26)19-14-8-3-9-15-19/h1-16,26H. The van der Waals surface area contributed by atoms with Gasteiger partial charge in [0.2, 0.25) is 0 Å². The molecule has 0 heterocycles. The lowest BCUT2D eigenvalue weighted by molar-refractivity contribution is 0.478. The Labute approximate surface area is 158 Å². The van der Waals surface area contributed by atoms with Crippen LogP contribution in [0.5, 0.6) is 5.75 Å². The molecule has 0 amide bonds. The first kappa shape index (κ1) is 16.4. The van der Waals surface area contributed by atoms with Crippen LogP contribution >= 0.6 is 11.6 Å². The monoisotopic (exact) mass is 356 g/mol. The van der Waals surface area contributed by atoms with E-state index in [9.17, 15) is 5.11 Å². The molecule has 1 nitrogen and oxygen atoms in total. The smallest absolute Gasteiger partial charge is 0.142 e. The number of hydrogen-bond acceptors (Lipinski definition) is 1. The molecule has 1 N–H and O–H groups in total. The highest BCUT2D eigenvalue weighted by Gasteiger charge is 2.20. The van der Waals surface area contributed by atoms with Crippen LogP contribution in [0.2, 0.25) is 5.02 Å². The van der Waals surface area contributed by atoms with E-state index >= 15 is 0 Å². The summed E-state index contributed by atoms with van der Waals surface area (Å²) >= 11 is 6.43. The Morgan fingerprint density at radius 3 is 1.46 bits per heavy atom. The summed E-state index contributed by atoms with van der Waals surface area (Å²) in [5, 5.41) is 11.2. The van der Waals surface area contributed by atoms with Crippen molar-refractivity contribution >= 4 is 11.6 Å². The summed E-state index contributed by atoms with van der Waals surface area (Å²) in [5.74, 6) is 0.108. The quantitative estimate of drug-likeness (QED) is 0.417. The molecule has 0 aliphatic rings. The lowest BCUT2D eigenvalue weighted by Gasteiger charge is -2.19.